The number of β-amino-alcohol motifs (C(OH)–C–C–N with tert-alkyl or cyclic N) is 1. The maximum absolute atomic E-state index is 12.8. The number of hydrogen-bond acceptors (Lipinski definition) is 8. The zero-order chi connectivity index (χ0) is 26.9. The van der Waals surface area contributed by atoms with Crippen LogP contribution in [0.15, 0.2) is 42.5 Å². The van der Waals surface area contributed by atoms with E-state index in [4.69, 9.17) is 14.2 Å². The summed E-state index contributed by atoms with van der Waals surface area (Å²) >= 11 is 0. The van der Waals surface area contributed by atoms with Crippen LogP contribution in [0.1, 0.15) is 62.0 Å². The molecule has 1 amide bonds. The number of fused-ring (bicyclic) bond motifs is 1. The van der Waals surface area contributed by atoms with Crippen molar-refractivity contribution >= 4 is 11.7 Å². The molecule has 1 saturated heterocycles. The van der Waals surface area contributed by atoms with E-state index in [0.29, 0.717) is 93.3 Å². The molecule has 2 aromatic carbocycles. The molecular weight excluding hydrogens is 488 g/mol. The van der Waals surface area contributed by atoms with Crippen LogP contribution in [0.25, 0.3) is 0 Å². The van der Waals surface area contributed by atoms with Gasteiger partial charge in [-0.1, -0.05) is 12.5 Å². The molecule has 0 bridgehead atoms. The number of carbonyl (C=O) groups excluding carboxylic acids is 2. The molecule has 9 heteroatoms. The van der Waals surface area contributed by atoms with Crippen molar-refractivity contribution in [2.75, 3.05) is 40.0 Å². The Morgan fingerprint density at radius 2 is 1.82 bits per heavy atom. The van der Waals surface area contributed by atoms with E-state index in [-0.39, 0.29) is 13.1 Å². The average molecular weight is 529 g/mol. The smallest absolute Gasteiger partial charge is 0.220 e. The van der Waals surface area contributed by atoms with Crippen molar-refractivity contribution in [3.8, 4) is 17.2 Å². The first-order valence-corrected chi connectivity index (χ1v) is 13.4. The molecule has 0 saturated carbocycles. The number of ketones is 1. The lowest BCUT2D eigenvalue weighted by atomic mass is 10.00. The number of Topliss-reactive ketones (excluding diaryl/α,β-unsaturated/α-hetero) is 1. The van der Waals surface area contributed by atoms with Gasteiger partial charge in [0.05, 0.1) is 19.3 Å². The number of rotatable bonds is 13. The van der Waals surface area contributed by atoms with Crippen molar-refractivity contribution in [1.29, 1.82) is 0 Å². The molecular formula is C29H40N2O7. The summed E-state index contributed by atoms with van der Waals surface area (Å²) in [6, 6.07) is 11.9. The molecule has 3 atom stereocenters. The number of hydrogen-bond donors (Lipinski definition) is 3. The molecule has 0 aromatic heterocycles. The zero-order valence-electron chi connectivity index (χ0n) is 21.9. The fraction of sp³-hybridized carbons (Fsp3) is 0.517. The van der Waals surface area contributed by atoms with Gasteiger partial charge in [0.25, 0.3) is 0 Å². The molecule has 0 aliphatic carbocycles. The Morgan fingerprint density at radius 3 is 2.53 bits per heavy atom. The zero-order valence-corrected chi connectivity index (χ0v) is 21.9. The normalized spacial score (nSPS) is 18.6. The monoisotopic (exact) mass is 528 g/mol. The van der Waals surface area contributed by atoms with Gasteiger partial charge in [0.2, 0.25) is 5.91 Å². The molecule has 0 spiro atoms. The first-order chi connectivity index (χ1) is 18.4. The van der Waals surface area contributed by atoms with Crippen LogP contribution in [0, 0.1) is 0 Å². The van der Waals surface area contributed by atoms with Gasteiger partial charge in [-0.2, -0.15) is 0 Å². The van der Waals surface area contributed by atoms with Crippen molar-refractivity contribution in [3.05, 3.63) is 53.6 Å². The van der Waals surface area contributed by atoms with E-state index in [2.05, 4.69) is 10.2 Å². The van der Waals surface area contributed by atoms with E-state index >= 15 is 0 Å². The third-order valence-corrected chi connectivity index (χ3v) is 7.06. The Bertz CT molecular complexity index is 1080. The predicted molar refractivity (Wildman–Crippen MR) is 144 cm³/mol. The lowest BCUT2D eigenvalue weighted by Gasteiger charge is -2.29. The summed E-state index contributed by atoms with van der Waals surface area (Å²) in [6.07, 6.45) is 2.18. The number of benzene rings is 2. The first kappa shape index (κ1) is 27.9. The Hall–Kier alpha value is -3.14. The van der Waals surface area contributed by atoms with Gasteiger partial charge >= 0.3 is 0 Å². The number of aliphatic hydroxyl groups excluding tert-OH is 2. The van der Waals surface area contributed by atoms with Gasteiger partial charge in [0.15, 0.2) is 17.3 Å². The number of nitrogens with zero attached hydrogens (tertiary/aromatic N) is 1. The molecule has 3 N–H and O–H groups in total. The minimum absolute atomic E-state index is 0. The summed E-state index contributed by atoms with van der Waals surface area (Å²) in [4.78, 5) is 27.3. The topological polar surface area (TPSA) is 118 Å². The molecule has 2 aromatic rings. The van der Waals surface area contributed by atoms with Crippen LogP contribution in [-0.2, 0) is 4.79 Å². The van der Waals surface area contributed by atoms with Crippen LogP contribution in [0.2, 0.25) is 0 Å². The number of ether oxygens (including phenoxy) is 3. The Kier molecular flexibility index (Phi) is 9.98. The third-order valence-electron chi connectivity index (χ3n) is 7.06. The highest BCUT2D eigenvalue weighted by molar-refractivity contribution is 5.96. The summed E-state index contributed by atoms with van der Waals surface area (Å²) in [7, 11) is 1.59. The summed E-state index contributed by atoms with van der Waals surface area (Å²) in [5, 5.41) is 24.2. The maximum Gasteiger partial charge on any atom is 0.220 e. The summed E-state index contributed by atoms with van der Waals surface area (Å²) < 4.78 is 16.4. The van der Waals surface area contributed by atoms with Crippen molar-refractivity contribution < 1.29 is 35.4 Å². The number of methoxy groups -OCH3 is 1. The Balaban J connectivity index is 0.00000420. The largest absolute Gasteiger partial charge is 0.497 e. The van der Waals surface area contributed by atoms with E-state index in [9.17, 15) is 19.8 Å². The van der Waals surface area contributed by atoms with Gasteiger partial charge in [-0.05, 0) is 61.2 Å². The van der Waals surface area contributed by atoms with E-state index in [1.165, 1.54) is 0 Å². The van der Waals surface area contributed by atoms with Gasteiger partial charge in [-0.3, -0.25) is 14.5 Å². The summed E-state index contributed by atoms with van der Waals surface area (Å²) in [6.45, 7) is 2.59. The van der Waals surface area contributed by atoms with Gasteiger partial charge < -0.3 is 29.7 Å². The van der Waals surface area contributed by atoms with Gasteiger partial charge in [-0.15, -0.1) is 0 Å². The van der Waals surface area contributed by atoms with E-state index in [1.807, 2.05) is 0 Å². The second-order valence-corrected chi connectivity index (χ2v) is 9.94. The standard InChI is InChI=1S/C29H38N2O7.H2/c1-36-23-10-7-20(8-11-23)25(33)5-3-2-4-6-28(34)30-24(19-31-14-13-22(32)18-31)29(35)21-9-12-26-27(17-21)38-16-15-37-26;/h7-12,17,22,24,29,32,35H,2-6,13-16,18-19H2,1H3,(H,30,34);1H/t22-,24+,29+;/m0./s1. The van der Waals surface area contributed by atoms with Crippen molar-refractivity contribution in [2.24, 2.45) is 0 Å². The number of carbonyl (C=O) groups is 2. The average Bonchev–Trinajstić information content (AvgIpc) is 3.36. The highest BCUT2D eigenvalue weighted by Gasteiger charge is 2.29. The van der Waals surface area contributed by atoms with Crippen LogP contribution in [-0.4, -0.2) is 78.9 Å². The molecule has 2 aliphatic rings. The highest BCUT2D eigenvalue weighted by Crippen LogP contribution is 2.33. The minimum Gasteiger partial charge on any atom is -0.497 e. The van der Waals surface area contributed by atoms with Crippen molar-refractivity contribution in [2.45, 2.75) is 56.8 Å². The van der Waals surface area contributed by atoms with Crippen molar-refractivity contribution in [3.63, 3.8) is 0 Å². The van der Waals surface area contributed by atoms with Crippen LogP contribution < -0.4 is 19.5 Å². The summed E-state index contributed by atoms with van der Waals surface area (Å²) in [5.41, 5.74) is 1.29. The lowest BCUT2D eigenvalue weighted by molar-refractivity contribution is -0.123. The van der Waals surface area contributed by atoms with Crippen LogP contribution in [0.4, 0.5) is 0 Å². The van der Waals surface area contributed by atoms with E-state index in [1.54, 1.807) is 49.6 Å². The molecule has 4 rings (SSSR count). The fourth-order valence-electron chi connectivity index (χ4n) is 4.90. The highest BCUT2D eigenvalue weighted by atomic mass is 16.6. The van der Waals surface area contributed by atoms with Gasteiger partial charge in [0.1, 0.15) is 25.1 Å². The van der Waals surface area contributed by atoms with Gasteiger partial charge in [0, 0.05) is 39.5 Å². The SMILES string of the molecule is COc1ccc(C(=O)CCCCCC(=O)N[C@H](CN2CC[C@H](O)C2)[C@H](O)c2ccc3c(c2)OCCO3)cc1.[HH]. The number of aliphatic hydroxyl groups is 2. The van der Waals surface area contributed by atoms with E-state index in [0.717, 1.165) is 6.42 Å². The molecule has 38 heavy (non-hydrogen) atoms. The minimum atomic E-state index is -0.949. The fourth-order valence-corrected chi connectivity index (χ4v) is 4.90. The maximum atomic E-state index is 12.8. The predicted octanol–water partition coefficient (Wildman–Crippen LogP) is 3.13. The molecule has 0 radical (unpaired) electrons. The quantitative estimate of drug-likeness (QED) is 0.268. The second-order valence-electron chi connectivity index (χ2n) is 9.94. The molecule has 2 aliphatic heterocycles. The molecule has 2 heterocycles. The Morgan fingerprint density at radius 1 is 1.08 bits per heavy atom. The third kappa shape index (κ3) is 7.69. The van der Waals surface area contributed by atoms with Gasteiger partial charge in [-0.25, -0.2) is 0 Å². The van der Waals surface area contributed by atoms with E-state index < -0.39 is 18.2 Å². The van der Waals surface area contributed by atoms with Crippen LogP contribution in [0.3, 0.4) is 0 Å². The van der Waals surface area contributed by atoms with Crippen LogP contribution in [0.5, 0.6) is 17.2 Å². The number of likely N-dealkylation sites (tertiary alicyclic amines) is 1. The first-order valence-electron chi connectivity index (χ1n) is 13.4. The van der Waals surface area contributed by atoms with Crippen molar-refractivity contribution in [1.82, 2.24) is 10.2 Å². The van der Waals surface area contributed by atoms with Crippen LogP contribution >= 0.6 is 0 Å². The number of unbranched alkanes of at least 4 members (excludes halogenated alkanes) is 2. The number of nitrogens with one attached hydrogen (secondary N) is 1. The Labute approximate surface area is 225 Å². The molecule has 0 unspecified atom stereocenters. The molecule has 1 fully saturated rings. The number of amides is 1. The lowest BCUT2D eigenvalue weighted by Crippen LogP contribution is -2.47. The summed E-state index contributed by atoms with van der Waals surface area (Å²) in [5.74, 6) is 1.87. The second kappa shape index (κ2) is 13.6. The molecule has 9 nitrogen and oxygen atoms in total. The molecule has 208 valence electrons.